The average molecular weight is 412 g/mol. The Morgan fingerprint density at radius 1 is 1.34 bits per heavy atom. The van der Waals surface area contributed by atoms with Gasteiger partial charge in [0.1, 0.15) is 11.6 Å². The van der Waals surface area contributed by atoms with Crippen LogP contribution >= 0.6 is 0 Å². The van der Waals surface area contributed by atoms with Crippen LogP contribution in [-0.4, -0.2) is 74.7 Å². The predicted molar refractivity (Wildman–Crippen MR) is 109 cm³/mol. The number of likely N-dealkylation sites (tertiary alicyclic amines) is 2. The SMILES string of the molecule is CCCCOC(=O)N1C(C)CCC12C(=O)N([C@H](C(=O)NC(C)(C)C)[C@@H](C)O)C2C. The van der Waals surface area contributed by atoms with Crippen LogP contribution in [0.25, 0.3) is 0 Å². The van der Waals surface area contributed by atoms with Crippen molar-refractivity contribution in [2.45, 2.75) is 109 Å². The summed E-state index contributed by atoms with van der Waals surface area (Å²) in [5.74, 6) is -0.692. The van der Waals surface area contributed by atoms with Crippen LogP contribution in [0, 0.1) is 0 Å². The molecule has 2 saturated heterocycles. The lowest BCUT2D eigenvalue weighted by Gasteiger charge is -2.59. The molecular weight excluding hydrogens is 374 g/mol. The number of aliphatic hydroxyl groups is 1. The second-order valence-electron chi connectivity index (χ2n) is 9.46. The van der Waals surface area contributed by atoms with Crippen LogP contribution in [0.3, 0.4) is 0 Å². The van der Waals surface area contributed by atoms with Gasteiger partial charge in [-0.25, -0.2) is 4.79 Å². The van der Waals surface area contributed by atoms with Crippen molar-refractivity contribution in [2.75, 3.05) is 6.61 Å². The first kappa shape index (κ1) is 23.4. The van der Waals surface area contributed by atoms with E-state index in [1.807, 2.05) is 41.5 Å². The Labute approximate surface area is 173 Å². The second-order valence-corrected chi connectivity index (χ2v) is 9.46. The third-order valence-corrected chi connectivity index (χ3v) is 5.97. The molecule has 0 aromatic heterocycles. The number of ether oxygens (including phenoxy) is 1. The largest absolute Gasteiger partial charge is 0.449 e. The van der Waals surface area contributed by atoms with Crippen LogP contribution in [0.15, 0.2) is 0 Å². The number of amides is 3. The molecule has 2 N–H and O–H groups in total. The molecule has 2 aliphatic heterocycles. The molecule has 8 nitrogen and oxygen atoms in total. The number of β-lactam (4-membered cyclic amide) rings is 1. The Hall–Kier alpha value is -1.83. The molecule has 3 amide bonds. The van der Waals surface area contributed by atoms with Gasteiger partial charge in [0.15, 0.2) is 0 Å². The third kappa shape index (κ3) is 4.22. The minimum absolute atomic E-state index is 0.119. The van der Waals surface area contributed by atoms with Gasteiger partial charge in [-0.2, -0.15) is 0 Å². The summed E-state index contributed by atoms with van der Waals surface area (Å²) < 4.78 is 5.41. The summed E-state index contributed by atoms with van der Waals surface area (Å²) in [6.45, 7) is 13.1. The molecule has 0 aliphatic carbocycles. The summed E-state index contributed by atoms with van der Waals surface area (Å²) in [5, 5.41) is 13.1. The molecule has 166 valence electrons. The molecule has 2 aliphatic rings. The zero-order valence-electron chi connectivity index (χ0n) is 18.8. The smallest absolute Gasteiger partial charge is 0.410 e. The Balaban J connectivity index is 2.25. The van der Waals surface area contributed by atoms with Gasteiger partial charge in [-0.05, 0) is 60.8 Å². The lowest BCUT2D eigenvalue weighted by molar-refractivity contribution is -0.183. The Morgan fingerprint density at radius 3 is 2.45 bits per heavy atom. The van der Waals surface area contributed by atoms with Gasteiger partial charge < -0.3 is 20.1 Å². The number of unbranched alkanes of at least 4 members (excludes halogenated alkanes) is 1. The molecule has 29 heavy (non-hydrogen) atoms. The molecule has 0 bridgehead atoms. The standard InChI is InChI=1S/C21H37N3O5/c1-8-9-12-29-19(28)24-13(2)10-11-21(24)15(4)23(18(21)27)16(14(3)25)17(26)22-20(5,6)7/h13-16,25H,8-12H2,1-7H3,(H,22,26)/t13?,14-,15?,16+,21?/m1/s1. The van der Waals surface area contributed by atoms with Crippen LogP contribution in [0.5, 0.6) is 0 Å². The highest BCUT2D eigenvalue weighted by Crippen LogP contribution is 2.48. The number of rotatable bonds is 6. The van der Waals surface area contributed by atoms with Crippen LogP contribution < -0.4 is 5.32 Å². The van der Waals surface area contributed by atoms with Gasteiger partial charge in [-0.3, -0.25) is 14.5 Å². The zero-order valence-corrected chi connectivity index (χ0v) is 18.8. The quantitative estimate of drug-likeness (QED) is 0.515. The van der Waals surface area contributed by atoms with Crippen LogP contribution in [0.4, 0.5) is 4.79 Å². The number of hydrogen-bond acceptors (Lipinski definition) is 5. The van der Waals surface area contributed by atoms with E-state index in [0.29, 0.717) is 19.4 Å². The fourth-order valence-corrected chi connectivity index (χ4v) is 4.54. The van der Waals surface area contributed by atoms with Crippen LogP contribution in [-0.2, 0) is 14.3 Å². The molecule has 2 fully saturated rings. The van der Waals surface area contributed by atoms with Gasteiger partial charge in [-0.15, -0.1) is 0 Å². The van der Waals surface area contributed by atoms with E-state index in [9.17, 15) is 19.5 Å². The van der Waals surface area contributed by atoms with E-state index >= 15 is 0 Å². The Kier molecular flexibility index (Phi) is 6.87. The van der Waals surface area contributed by atoms with Gasteiger partial charge in [0.2, 0.25) is 5.91 Å². The molecule has 2 rings (SSSR count). The summed E-state index contributed by atoms with van der Waals surface area (Å²) in [5.41, 5.74) is -1.49. The van der Waals surface area contributed by atoms with Gasteiger partial charge in [0.25, 0.3) is 5.91 Å². The number of carbonyl (C=O) groups excluding carboxylic acids is 3. The fourth-order valence-electron chi connectivity index (χ4n) is 4.54. The third-order valence-electron chi connectivity index (χ3n) is 5.97. The van der Waals surface area contributed by atoms with E-state index in [2.05, 4.69) is 5.32 Å². The van der Waals surface area contributed by atoms with Crippen molar-refractivity contribution in [3.63, 3.8) is 0 Å². The van der Waals surface area contributed by atoms with Crippen molar-refractivity contribution in [3.05, 3.63) is 0 Å². The lowest BCUT2D eigenvalue weighted by Crippen LogP contribution is -2.82. The highest BCUT2D eigenvalue weighted by Gasteiger charge is 2.69. The van der Waals surface area contributed by atoms with Crippen molar-refractivity contribution in [1.29, 1.82) is 0 Å². The first-order valence-corrected chi connectivity index (χ1v) is 10.7. The molecule has 0 aromatic carbocycles. The van der Waals surface area contributed by atoms with E-state index in [1.54, 1.807) is 4.90 Å². The molecule has 5 atom stereocenters. The first-order valence-electron chi connectivity index (χ1n) is 10.7. The van der Waals surface area contributed by atoms with Crippen LogP contribution in [0.1, 0.15) is 74.1 Å². The van der Waals surface area contributed by atoms with E-state index in [0.717, 1.165) is 12.8 Å². The highest BCUT2D eigenvalue weighted by molar-refractivity contribution is 6.01. The summed E-state index contributed by atoms with van der Waals surface area (Å²) >= 11 is 0. The topological polar surface area (TPSA) is 99.2 Å². The molecule has 8 heteroatoms. The van der Waals surface area contributed by atoms with E-state index in [1.165, 1.54) is 11.8 Å². The van der Waals surface area contributed by atoms with Gasteiger partial charge >= 0.3 is 6.09 Å². The van der Waals surface area contributed by atoms with Crippen molar-refractivity contribution in [1.82, 2.24) is 15.1 Å². The zero-order chi connectivity index (χ0) is 22.1. The molecule has 2 heterocycles. The van der Waals surface area contributed by atoms with Gasteiger partial charge in [0.05, 0.1) is 18.8 Å². The summed E-state index contributed by atoms with van der Waals surface area (Å²) in [6.07, 6.45) is 1.39. The van der Waals surface area contributed by atoms with E-state index in [4.69, 9.17) is 4.74 Å². The fraction of sp³-hybridized carbons (Fsp3) is 0.857. The average Bonchev–Trinajstić information content (AvgIpc) is 2.96. The maximum atomic E-state index is 13.4. The monoisotopic (exact) mass is 411 g/mol. The van der Waals surface area contributed by atoms with Crippen molar-refractivity contribution >= 4 is 17.9 Å². The van der Waals surface area contributed by atoms with E-state index in [-0.39, 0.29) is 11.9 Å². The summed E-state index contributed by atoms with van der Waals surface area (Å²) in [6, 6.07) is -1.52. The van der Waals surface area contributed by atoms with E-state index < -0.39 is 41.3 Å². The molecule has 3 unspecified atom stereocenters. The maximum absolute atomic E-state index is 13.4. The molecule has 0 saturated carbocycles. The highest BCUT2D eigenvalue weighted by atomic mass is 16.6. The normalized spacial score (nSPS) is 28.9. The minimum Gasteiger partial charge on any atom is -0.449 e. The lowest BCUT2D eigenvalue weighted by atomic mass is 9.75. The Morgan fingerprint density at radius 2 is 1.97 bits per heavy atom. The first-order chi connectivity index (χ1) is 13.4. The predicted octanol–water partition coefficient (Wildman–Crippen LogP) is 2.04. The molecular formula is C21H37N3O5. The minimum atomic E-state index is -1.04. The number of carbonyl (C=O) groups is 3. The molecule has 0 radical (unpaired) electrons. The summed E-state index contributed by atoms with van der Waals surface area (Å²) in [7, 11) is 0. The van der Waals surface area contributed by atoms with Crippen molar-refractivity contribution < 1.29 is 24.2 Å². The molecule has 1 spiro atoms. The summed E-state index contributed by atoms with van der Waals surface area (Å²) in [4.78, 5) is 42.0. The van der Waals surface area contributed by atoms with Gasteiger partial charge in [0, 0.05) is 11.6 Å². The van der Waals surface area contributed by atoms with Crippen molar-refractivity contribution in [3.8, 4) is 0 Å². The number of aliphatic hydroxyl groups excluding tert-OH is 1. The number of nitrogens with zero attached hydrogens (tertiary/aromatic N) is 2. The van der Waals surface area contributed by atoms with Gasteiger partial charge in [-0.1, -0.05) is 13.3 Å². The van der Waals surface area contributed by atoms with Crippen LogP contribution in [0.2, 0.25) is 0 Å². The second kappa shape index (κ2) is 8.50. The maximum Gasteiger partial charge on any atom is 0.410 e. The Bertz CT molecular complexity index is 645. The van der Waals surface area contributed by atoms with Crippen molar-refractivity contribution in [2.24, 2.45) is 0 Å². The number of hydrogen-bond donors (Lipinski definition) is 2. The number of nitrogens with one attached hydrogen (secondary N) is 1. The molecule has 0 aromatic rings.